The lowest BCUT2D eigenvalue weighted by Gasteiger charge is -2.39. The predicted molar refractivity (Wildman–Crippen MR) is 139 cm³/mol. The summed E-state index contributed by atoms with van der Waals surface area (Å²) in [6.45, 7) is 2.06. The fraction of sp³-hybridized carbons (Fsp3) is 0.417. The molecule has 198 valence electrons. The van der Waals surface area contributed by atoms with Crippen LogP contribution in [0.4, 0.5) is 21.5 Å². The smallest absolute Gasteiger partial charge is 0.348 e. The quantitative estimate of drug-likeness (QED) is 0.429. The molecule has 0 saturated heterocycles. The minimum atomic E-state index is -3.97. The molecule has 2 heterocycles. The van der Waals surface area contributed by atoms with Crippen LogP contribution in [-0.2, 0) is 23.9 Å². The molecule has 37 heavy (non-hydrogen) atoms. The molecule has 1 saturated carbocycles. The molecule has 0 spiro atoms. The van der Waals surface area contributed by atoms with Gasteiger partial charge in [-0.05, 0) is 55.7 Å². The summed E-state index contributed by atoms with van der Waals surface area (Å²) in [7, 11) is -7.56. The minimum Gasteiger partial charge on any atom is -0.387 e. The first-order valence-electron chi connectivity index (χ1n) is 12.0. The first-order chi connectivity index (χ1) is 17.5. The maximum absolute atomic E-state index is 14.2. The van der Waals surface area contributed by atoms with Gasteiger partial charge >= 0.3 is 7.52 Å². The number of nitrogens with zero attached hydrogens (tertiary/aromatic N) is 2. The zero-order valence-corrected chi connectivity index (χ0v) is 22.1. The number of halogens is 1. The number of hydrogen-bond acceptors (Lipinski definition) is 7. The van der Waals surface area contributed by atoms with Crippen LogP contribution in [0.15, 0.2) is 41.2 Å². The fourth-order valence-electron chi connectivity index (χ4n) is 4.75. The Morgan fingerprint density at radius 2 is 2.03 bits per heavy atom. The topological polar surface area (TPSA) is 137 Å². The molecule has 10 nitrogen and oxygen atoms in total. The first-order valence-corrected chi connectivity index (χ1v) is 15.5. The number of hydrogen-bond donors (Lipinski definition) is 3. The maximum Gasteiger partial charge on any atom is 0.348 e. The van der Waals surface area contributed by atoms with Crippen molar-refractivity contribution in [3.63, 3.8) is 0 Å². The van der Waals surface area contributed by atoms with E-state index in [1.807, 2.05) is 0 Å². The Morgan fingerprint density at radius 3 is 2.70 bits per heavy atom. The van der Waals surface area contributed by atoms with E-state index in [0.717, 1.165) is 25.5 Å². The number of sulfonamides is 1. The molecular weight excluding hydrogens is 522 g/mol. The molecule has 3 unspecified atom stereocenters. The predicted octanol–water partition coefficient (Wildman–Crippen LogP) is 3.37. The van der Waals surface area contributed by atoms with Gasteiger partial charge in [0.1, 0.15) is 17.6 Å². The molecule has 2 aromatic rings. The van der Waals surface area contributed by atoms with Gasteiger partial charge in [-0.25, -0.2) is 12.8 Å². The van der Waals surface area contributed by atoms with E-state index in [0.29, 0.717) is 23.8 Å². The average molecular weight is 551 g/mol. The summed E-state index contributed by atoms with van der Waals surface area (Å²) < 4.78 is 63.7. The fourth-order valence-corrected chi connectivity index (χ4v) is 7.15. The standard InChI is InChI=1S/C24H28FN4O6PS/c1-3-35-36(32)20-13-16(28-37(2,33)34)7-8-18(20)26-23(27-36)21-22(30)17-12-15(25)6-9-19(17)29(24(21)31)11-10-14-4-5-14/h6-9,12-14,21-22,28,30H,3-5,10-11H2,1-2H3,(H,26,27,32). The van der Waals surface area contributed by atoms with Gasteiger partial charge in [-0.2, -0.15) is 4.76 Å². The number of aliphatic hydroxyl groups excluding tert-OH is 1. The number of carbonyl (C=O) groups is 1. The van der Waals surface area contributed by atoms with E-state index in [1.165, 1.54) is 41.3 Å². The summed E-state index contributed by atoms with van der Waals surface area (Å²) in [6.07, 6.45) is 2.53. The molecular formula is C24H28FN4O6PS. The van der Waals surface area contributed by atoms with Crippen molar-refractivity contribution in [2.45, 2.75) is 32.3 Å². The van der Waals surface area contributed by atoms with Crippen molar-refractivity contribution < 1.29 is 31.8 Å². The van der Waals surface area contributed by atoms with Gasteiger partial charge in [0.2, 0.25) is 15.9 Å². The van der Waals surface area contributed by atoms with E-state index in [2.05, 4.69) is 14.8 Å². The van der Waals surface area contributed by atoms with Gasteiger partial charge in [0, 0.05) is 23.5 Å². The van der Waals surface area contributed by atoms with Crippen molar-refractivity contribution >= 4 is 51.7 Å². The number of carbonyl (C=O) groups excluding carboxylic acids is 1. The van der Waals surface area contributed by atoms with Crippen LogP contribution in [0, 0.1) is 17.7 Å². The third-order valence-electron chi connectivity index (χ3n) is 6.61. The van der Waals surface area contributed by atoms with Crippen LogP contribution >= 0.6 is 7.52 Å². The molecule has 0 radical (unpaired) electrons. The van der Waals surface area contributed by atoms with Crippen molar-refractivity contribution in [3.05, 3.63) is 47.8 Å². The normalized spacial score (nSPS) is 25.1. The summed E-state index contributed by atoms with van der Waals surface area (Å²) in [6, 6.07) is 8.28. The summed E-state index contributed by atoms with van der Waals surface area (Å²) in [4.78, 5) is 15.3. The number of aliphatic hydroxyl groups is 1. The van der Waals surface area contributed by atoms with Crippen molar-refractivity contribution in [2.24, 2.45) is 16.6 Å². The van der Waals surface area contributed by atoms with Gasteiger partial charge in [-0.1, -0.05) is 12.8 Å². The maximum atomic E-state index is 14.2. The molecule has 0 aromatic heterocycles. The Morgan fingerprint density at radius 1 is 1.27 bits per heavy atom. The Bertz CT molecular complexity index is 1440. The van der Waals surface area contributed by atoms with Crippen LogP contribution in [-0.4, -0.2) is 44.7 Å². The third kappa shape index (κ3) is 5.16. The number of nitrogens with one attached hydrogen (secondary N) is 2. The summed E-state index contributed by atoms with van der Waals surface area (Å²) in [5.41, 5.74) is 1.16. The Labute approximate surface area is 214 Å². The van der Waals surface area contributed by atoms with Gasteiger partial charge in [-0.3, -0.25) is 14.1 Å². The minimum absolute atomic E-state index is 0.0277. The largest absolute Gasteiger partial charge is 0.387 e. The number of fused-ring (bicyclic) bond motifs is 2. The molecule has 2 aromatic carbocycles. The Kier molecular flexibility index (Phi) is 6.64. The Balaban J connectivity index is 1.56. The van der Waals surface area contributed by atoms with Crippen molar-refractivity contribution in [1.82, 2.24) is 0 Å². The lowest BCUT2D eigenvalue weighted by molar-refractivity contribution is -0.124. The van der Waals surface area contributed by atoms with E-state index in [9.17, 15) is 27.3 Å². The zero-order valence-electron chi connectivity index (χ0n) is 20.3. The van der Waals surface area contributed by atoms with Crippen LogP contribution in [0.25, 0.3) is 0 Å². The second-order valence-electron chi connectivity index (χ2n) is 9.50. The number of anilines is 3. The highest BCUT2D eigenvalue weighted by atomic mass is 32.2. The zero-order chi connectivity index (χ0) is 26.5. The van der Waals surface area contributed by atoms with Crippen LogP contribution < -0.4 is 20.2 Å². The van der Waals surface area contributed by atoms with E-state index >= 15 is 0 Å². The lowest BCUT2D eigenvalue weighted by atomic mass is 9.87. The number of amidine groups is 1. The van der Waals surface area contributed by atoms with Gasteiger partial charge in [0.15, 0.2) is 0 Å². The highest BCUT2D eigenvalue weighted by Gasteiger charge is 2.46. The van der Waals surface area contributed by atoms with Crippen LogP contribution in [0.3, 0.4) is 0 Å². The van der Waals surface area contributed by atoms with Crippen LogP contribution in [0.1, 0.15) is 37.9 Å². The molecule has 3 aliphatic rings. The average Bonchev–Trinajstić information content (AvgIpc) is 3.63. The molecule has 1 amide bonds. The number of amides is 1. The highest BCUT2D eigenvalue weighted by molar-refractivity contribution is 7.92. The monoisotopic (exact) mass is 550 g/mol. The summed E-state index contributed by atoms with van der Waals surface area (Å²) in [5.74, 6) is -1.80. The summed E-state index contributed by atoms with van der Waals surface area (Å²) in [5, 5.41) is 14.4. The Hall–Kier alpha value is -2.79. The van der Waals surface area contributed by atoms with E-state index in [1.54, 1.807) is 6.92 Å². The van der Waals surface area contributed by atoms with E-state index in [-0.39, 0.29) is 29.0 Å². The third-order valence-corrected chi connectivity index (χ3v) is 9.28. The van der Waals surface area contributed by atoms with Crippen LogP contribution in [0.5, 0.6) is 0 Å². The number of rotatable bonds is 8. The van der Waals surface area contributed by atoms with Crippen molar-refractivity contribution in [3.8, 4) is 0 Å². The molecule has 2 aliphatic heterocycles. The molecule has 3 N–H and O–H groups in total. The molecule has 3 atom stereocenters. The molecule has 1 aliphatic carbocycles. The lowest BCUT2D eigenvalue weighted by Crippen LogP contribution is -2.49. The molecule has 0 bridgehead atoms. The SMILES string of the molecule is CCOP1(=O)N=C(C2C(=O)N(CCC3CC3)c3ccc(F)cc3C2O)Nc2ccc(NS(C)(=O)=O)cc21. The van der Waals surface area contributed by atoms with Crippen molar-refractivity contribution in [2.75, 3.05) is 34.3 Å². The molecule has 5 rings (SSSR count). The first kappa shape index (κ1) is 25.8. The van der Waals surface area contributed by atoms with Crippen LogP contribution in [0.2, 0.25) is 0 Å². The van der Waals surface area contributed by atoms with Gasteiger partial charge < -0.3 is 19.8 Å². The van der Waals surface area contributed by atoms with Gasteiger partial charge in [-0.15, -0.1) is 0 Å². The summed E-state index contributed by atoms with van der Waals surface area (Å²) >= 11 is 0. The van der Waals surface area contributed by atoms with Gasteiger partial charge in [0.05, 0.1) is 30.0 Å². The second kappa shape index (κ2) is 9.50. The van der Waals surface area contributed by atoms with E-state index < -0.39 is 41.3 Å². The molecule has 13 heteroatoms. The van der Waals surface area contributed by atoms with Gasteiger partial charge in [0.25, 0.3) is 0 Å². The second-order valence-corrected chi connectivity index (χ2v) is 13.2. The highest BCUT2D eigenvalue weighted by Crippen LogP contribution is 2.53. The van der Waals surface area contributed by atoms with Crippen molar-refractivity contribution in [1.29, 1.82) is 0 Å². The molecule has 1 fully saturated rings. The van der Waals surface area contributed by atoms with E-state index in [4.69, 9.17) is 4.52 Å². The number of benzene rings is 2.